The number of carbonyl (C=O) groups is 3. The second-order valence-corrected chi connectivity index (χ2v) is 8.12. The van der Waals surface area contributed by atoms with Crippen LogP contribution in [0.4, 0.5) is 14.9 Å². The van der Waals surface area contributed by atoms with E-state index >= 15 is 0 Å². The van der Waals surface area contributed by atoms with Gasteiger partial charge in [-0.1, -0.05) is 30.3 Å². The molecule has 34 heavy (non-hydrogen) atoms. The van der Waals surface area contributed by atoms with E-state index in [0.717, 1.165) is 28.2 Å². The van der Waals surface area contributed by atoms with Crippen molar-refractivity contribution < 1.29 is 23.5 Å². The summed E-state index contributed by atoms with van der Waals surface area (Å²) in [7, 11) is 0. The lowest BCUT2D eigenvalue weighted by molar-refractivity contribution is -0.127. The van der Waals surface area contributed by atoms with E-state index in [1.807, 2.05) is 37.3 Å². The summed E-state index contributed by atoms with van der Waals surface area (Å²) >= 11 is 0. The first kappa shape index (κ1) is 23.0. The molecule has 1 atom stereocenters. The minimum absolute atomic E-state index is 0.100. The zero-order valence-electron chi connectivity index (χ0n) is 18.8. The minimum Gasteiger partial charge on any atom is -0.479 e. The summed E-state index contributed by atoms with van der Waals surface area (Å²) in [5.74, 6) is -2.09. The number of ether oxygens (including phenoxy) is 1. The Bertz CT molecular complexity index is 1250. The van der Waals surface area contributed by atoms with Crippen molar-refractivity contribution >= 4 is 23.5 Å². The number of halogens is 1. The van der Waals surface area contributed by atoms with Crippen molar-refractivity contribution in [3.63, 3.8) is 0 Å². The molecule has 1 unspecified atom stereocenters. The molecule has 1 N–H and O–H groups in total. The summed E-state index contributed by atoms with van der Waals surface area (Å²) in [5.41, 5.74) is 1.70. The monoisotopic (exact) mass is 462 g/mol. The van der Waals surface area contributed by atoms with Gasteiger partial charge in [-0.2, -0.15) is 5.26 Å². The number of aryl methyl sites for hydroxylation is 1. The molecule has 0 spiro atoms. The van der Waals surface area contributed by atoms with Gasteiger partial charge in [0.15, 0.2) is 6.10 Å². The number of fused-ring (bicyclic) bond motifs is 1. The maximum Gasteiger partial charge on any atom is 0.336 e. The van der Waals surface area contributed by atoms with Crippen LogP contribution < -0.4 is 15.0 Å². The van der Waals surface area contributed by atoms with Crippen LogP contribution in [-0.2, 0) is 16.1 Å². The van der Waals surface area contributed by atoms with E-state index in [1.165, 1.54) is 11.8 Å². The highest BCUT2D eigenvalue weighted by Gasteiger charge is 2.44. The Balaban J connectivity index is 1.55. The molecule has 2 heterocycles. The number of rotatable bonds is 6. The molecule has 1 saturated heterocycles. The molecule has 1 fully saturated rings. The molecule has 9 heteroatoms. The molecule has 2 aliphatic rings. The molecule has 4 rings (SSSR count). The zero-order chi connectivity index (χ0) is 24.4. The average molecular weight is 462 g/mol. The highest BCUT2D eigenvalue weighted by atomic mass is 19.1. The second-order valence-electron chi connectivity index (χ2n) is 8.12. The van der Waals surface area contributed by atoms with Crippen LogP contribution in [0.5, 0.6) is 5.75 Å². The third kappa shape index (κ3) is 4.22. The number of allylic oxidation sites excluding steroid dienone is 1. The van der Waals surface area contributed by atoms with Gasteiger partial charge in [-0.15, -0.1) is 0 Å². The van der Waals surface area contributed by atoms with E-state index in [4.69, 9.17) is 4.74 Å². The van der Waals surface area contributed by atoms with Crippen molar-refractivity contribution in [3.8, 4) is 11.8 Å². The first-order valence-electron chi connectivity index (χ1n) is 10.9. The number of imide groups is 1. The van der Waals surface area contributed by atoms with Gasteiger partial charge in [-0.05, 0) is 43.9 Å². The molecule has 2 aliphatic heterocycles. The number of hydrogen-bond donors (Lipinski definition) is 1. The standard InChI is InChI=1S/C25H23FN4O4/c1-15-7-3-4-8-17(15)14-28-23(31)16(2)34-22-12-21(19(26)11-18(22)13-27)30-24(32)20-9-5-6-10-29(20)25(30)33/h3-4,7-9,11-12,16H,5-6,10,14H2,1-2H3,(H,28,31). The van der Waals surface area contributed by atoms with Crippen LogP contribution >= 0.6 is 0 Å². The smallest absolute Gasteiger partial charge is 0.336 e. The molecule has 0 aromatic heterocycles. The van der Waals surface area contributed by atoms with Crippen molar-refractivity contribution in [3.05, 3.63) is 70.7 Å². The lowest BCUT2D eigenvalue weighted by Gasteiger charge is -2.20. The van der Waals surface area contributed by atoms with E-state index in [2.05, 4.69) is 5.32 Å². The van der Waals surface area contributed by atoms with Gasteiger partial charge in [0, 0.05) is 19.2 Å². The molecule has 2 aromatic carbocycles. The molecule has 0 aliphatic carbocycles. The SMILES string of the molecule is Cc1ccccc1CNC(=O)C(C)Oc1cc(N2C(=O)C3=CCCCN3C2=O)c(F)cc1C#N. The van der Waals surface area contributed by atoms with Gasteiger partial charge < -0.3 is 10.1 Å². The van der Waals surface area contributed by atoms with Crippen LogP contribution in [0.25, 0.3) is 0 Å². The van der Waals surface area contributed by atoms with Crippen LogP contribution in [0.1, 0.15) is 36.5 Å². The predicted molar refractivity (Wildman–Crippen MR) is 121 cm³/mol. The van der Waals surface area contributed by atoms with Crippen LogP contribution in [-0.4, -0.2) is 35.4 Å². The predicted octanol–water partition coefficient (Wildman–Crippen LogP) is 3.54. The molecule has 2 aromatic rings. The fraction of sp³-hybridized carbons (Fsp3) is 0.280. The lowest BCUT2D eigenvalue weighted by atomic mass is 10.1. The Labute approximate surface area is 196 Å². The van der Waals surface area contributed by atoms with E-state index in [1.54, 1.807) is 6.08 Å². The number of carbonyl (C=O) groups excluding carboxylic acids is 3. The van der Waals surface area contributed by atoms with Crippen molar-refractivity contribution in [2.24, 2.45) is 0 Å². The van der Waals surface area contributed by atoms with Gasteiger partial charge in [0.25, 0.3) is 11.8 Å². The summed E-state index contributed by atoms with van der Waals surface area (Å²) < 4.78 is 20.5. The topological polar surface area (TPSA) is 103 Å². The van der Waals surface area contributed by atoms with E-state index in [9.17, 15) is 24.0 Å². The molecule has 174 valence electrons. The quantitative estimate of drug-likeness (QED) is 0.662. The Kier molecular flexibility index (Phi) is 6.32. The fourth-order valence-corrected chi connectivity index (χ4v) is 3.93. The number of benzene rings is 2. The number of urea groups is 1. The van der Waals surface area contributed by atoms with Gasteiger partial charge >= 0.3 is 6.03 Å². The van der Waals surface area contributed by atoms with Crippen LogP contribution in [0.3, 0.4) is 0 Å². The minimum atomic E-state index is -1.02. The van der Waals surface area contributed by atoms with Crippen molar-refractivity contribution in [1.29, 1.82) is 5.26 Å². The summed E-state index contributed by atoms with van der Waals surface area (Å²) in [4.78, 5) is 40.2. The van der Waals surface area contributed by atoms with Crippen molar-refractivity contribution in [2.45, 2.75) is 39.3 Å². The van der Waals surface area contributed by atoms with Crippen molar-refractivity contribution in [1.82, 2.24) is 10.2 Å². The Morgan fingerprint density at radius 2 is 2.06 bits per heavy atom. The van der Waals surface area contributed by atoms with Gasteiger partial charge in [0.05, 0.1) is 11.3 Å². The highest BCUT2D eigenvalue weighted by Crippen LogP contribution is 2.35. The number of amides is 4. The first-order valence-corrected chi connectivity index (χ1v) is 10.9. The molecule has 0 radical (unpaired) electrons. The summed E-state index contributed by atoms with van der Waals surface area (Å²) in [6.07, 6.45) is 1.99. The van der Waals surface area contributed by atoms with E-state index in [0.29, 0.717) is 25.9 Å². The number of hydrogen-bond acceptors (Lipinski definition) is 5. The molecule has 4 amide bonds. The maximum atomic E-state index is 14.9. The first-order chi connectivity index (χ1) is 16.3. The second kappa shape index (κ2) is 9.35. The largest absolute Gasteiger partial charge is 0.479 e. The Morgan fingerprint density at radius 1 is 1.29 bits per heavy atom. The average Bonchev–Trinajstić information content (AvgIpc) is 3.09. The molecular formula is C25H23FN4O4. The van der Waals surface area contributed by atoms with Crippen molar-refractivity contribution in [2.75, 3.05) is 11.4 Å². The third-order valence-corrected chi connectivity index (χ3v) is 5.86. The number of anilines is 1. The zero-order valence-corrected chi connectivity index (χ0v) is 18.8. The molecule has 0 saturated carbocycles. The van der Waals surface area contributed by atoms with Gasteiger partial charge in [0.1, 0.15) is 23.3 Å². The Morgan fingerprint density at radius 3 is 2.76 bits per heavy atom. The fourth-order valence-electron chi connectivity index (χ4n) is 3.93. The normalized spacial score (nSPS) is 16.0. The van der Waals surface area contributed by atoms with Crippen LogP contribution in [0.15, 0.2) is 48.2 Å². The highest BCUT2D eigenvalue weighted by molar-refractivity contribution is 6.27. The van der Waals surface area contributed by atoms with E-state index < -0.39 is 29.8 Å². The third-order valence-electron chi connectivity index (χ3n) is 5.86. The Hall–Kier alpha value is -4.19. The van der Waals surface area contributed by atoms with Crippen LogP contribution in [0.2, 0.25) is 0 Å². The van der Waals surface area contributed by atoms with E-state index in [-0.39, 0.29) is 22.7 Å². The molecule has 0 bridgehead atoms. The summed E-state index contributed by atoms with van der Waals surface area (Å²) in [5, 5.41) is 12.2. The number of nitrogens with zero attached hydrogens (tertiary/aromatic N) is 3. The van der Waals surface area contributed by atoms with Gasteiger partial charge in [-0.3, -0.25) is 14.5 Å². The summed E-state index contributed by atoms with van der Waals surface area (Å²) in [6, 6.07) is 10.8. The number of nitrogens with one attached hydrogen (secondary N) is 1. The number of nitriles is 1. The lowest BCUT2D eigenvalue weighted by Crippen LogP contribution is -2.36. The van der Waals surface area contributed by atoms with Crippen LogP contribution in [0, 0.1) is 24.1 Å². The molecule has 8 nitrogen and oxygen atoms in total. The molecular weight excluding hydrogens is 439 g/mol. The summed E-state index contributed by atoms with van der Waals surface area (Å²) in [6.45, 7) is 4.09. The van der Waals surface area contributed by atoms with Gasteiger partial charge in [-0.25, -0.2) is 14.1 Å². The van der Waals surface area contributed by atoms with Gasteiger partial charge in [0.2, 0.25) is 0 Å². The maximum absolute atomic E-state index is 14.9.